The molecule has 0 saturated heterocycles. The standard InChI is InChI=1S/C22H19NO2/c1-2-25-22(24)21(16-10-4-3-5-11-16)23-19-14-8-6-12-17(19)18-13-7-9-15-20(18)23/h3-15,21H,2H2,1H3. The fraction of sp³-hybridized carbons (Fsp3) is 0.136. The van der Waals surface area contributed by atoms with Crippen LogP contribution in [-0.4, -0.2) is 17.1 Å². The van der Waals surface area contributed by atoms with E-state index in [1.165, 1.54) is 0 Å². The molecule has 1 aromatic heterocycles. The van der Waals surface area contributed by atoms with Crippen LogP contribution >= 0.6 is 0 Å². The molecule has 0 saturated carbocycles. The predicted octanol–water partition coefficient (Wildman–Crippen LogP) is 4.95. The number of para-hydroxylation sites is 2. The summed E-state index contributed by atoms with van der Waals surface area (Å²) in [5.74, 6) is -0.236. The zero-order chi connectivity index (χ0) is 17.2. The number of carbonyl (C=O) groups excluding carboxylic acids is 1. The maximum absolute atomic E-state index is 12.9. The van der Waals surface area contributed by atoms with Gasteiger partial charge in [-0.15, -0.1) is 0 Å². The minimum atomic E-state index is -0.508. The van der Waals surface area contributed by atoms with Crippen molar-refractivity contribution in [3.63, 3.8) is 0 Å². The van der Waals surface area contributed by atoms with E-state index in [4.69, 9.17) is 4.74 Å². The van der Waals surface area contributed by atoms with E-state index in [1.807, 2.05) is 61.5 Å². The summed E-state index contributed by atoms with van der Waals surface area (Å²) in [6.07, 6.45) is 0. The van der Waals surface area contributed by atoms with Crippen molar-refractivity contribution in [2.45, 2.75) is 13.0 Å². The zero-order valence-corrected chi connectivity index (χ0v) is 14.1. The third kappa shape index (κ3) is 2.58. The Hall–Kier alpha value is -3.07. The van der Waals surface area contributed by atoms with Gasteiger partial charge in [0, 0.05) is 10.8 Å². The summed E-state index contributed by atoms with van der Waals surface area (Å²) in [7, 11) is 0. The number of benzene rings is 3. The molecule has 0 radical (unpaired) electrons. The van der Waals surface area contributed by atoms with Crippen LogP contribution in [-0.2, 0) is 9.53 Å². The number of fused-ring (bicyclic) bond motifs is 3. The van der Waals surface area contributed by atoms with Crippen LogP contribution in [0.4, 0.5) is 0 Å². The van der Waals surface area contributed by atoms with Gasteiger partial charge in [-0.2, -0.15) is 0 Å². The summed E-state index contributed by atoms with van der Waals surface area (Å²) in [5, 5.41) is 2.28. The normalized spacial score (nSPS) is 12.4. The number of rotatable bonds is 4. The molecular formula is C22H19NO2. The molecule has 4 aromatic rings. The first-order valence-electron chi connectivity index (χ1n) is 8.50. The van der Waals surface area contributed by atoms with E-state index >= 15 is 0 Å². The van der Waals surface area contributed by atoms with Gasteiger partial charge in [0.2, 0.25) is 0 Å². The molecule has 0 aliphatic heterocycles. The third-order valence-corrected chi connectivity index (χ3v) is 4.50. The van der Waals surface area contributed by atoms with Gasteiger partial charge in [0.1, 0.15) is 0 Å². The van der Waals surface area contributed by atoms with Crippen LogP contribution in [0.5, 0.6) is 0 Å². The van der Waals surface area contributed by atoms with E-state index in [1.54, 1.807) is 0 Å². The molecule has 1 heterocycles. The lowest BCUT2D eigenvalue weighted by molar-refractivity contribution is -0.145. The van der Waals surface area contributed by atoms with Gasteiger partial charge in [0.15, 0.2) is 6.04 Å². The van der Waals surface area contributed by atoms with Gasteiger partial charge >= 0.3 is 5.97 Å². The first-order chi connectivity index (χ1) is 12.3. The fourth-order valence-electron chi connectivity index (χ4n) is 3.48. The summed E-state index contributed by atoms with van der Waals surface area (Å²) in [6.45, 7) is 2.20. The van der Waals surface area contributed by atoms with Crippen molar-refractivity contribution in [2.75, 3.05) is 6.61 Å². The fourth-order valence-corrected chi connectivity index (χ4v) is 3.48. The highest BCUT2D eigenvalue weighted by Crippen LogP contribution is 2.34. The van der Waals surface area contributed by atoms with Crippen molar-refractivity contribution < 1.29 is 9.53 Å². The van der Waals surface area contributed by atoms with Gasteiger partial charge in [-0.25, -0.2) is 4.79 Å². The molecule has 3 aromatic carbocycles. The Bertz CT molecular complexity index is 980. The Morgan fingerprint density at radius 3 is 1.92 bits per heavy atom. The molecule has 0 fully saturated rings. The van der Waals surface area contributed by atoms with Gasteiger partial charge < -0.3 is 9.30 Å². The summed E-state index contributed by atoms with van der Waals surface area (Å²) in [5.41, 5.74) is 2.99. The average Bonchev–Trinajstić information content (AvgIpc) is 2.98. The monoisotopic (exact) mass is 329 g/mol. The highest BCUT2D eigenvalue weighted by Gasteiger charge is 2.27. The summed E-state index contributed by atoms with van der Waals surface area (Å²) >= 11 is 0. The molecule has 3 heteroatoms. The van der Waals surface area contributed by atoms with Crippen molar-refractivity contribution in [2.24, 2.45) is 0 Å². The van der Waals surface area contributed by atoms with E-state index in [-0.39, 0.29) is 5.97 Å². The molecular weight excluding hydrogens is 310 g/mol. The van der Waals surface area contributed by atoms with Gasteiger partial charge in [0.25, 0.3) is 0 Å². The highest BCUT2D eigenvalue weighted by molar-refractivity contribution is 6.09. The largest absolute Gasteiger partial charge is 0.464 e. The van der Waals surface area contributed by atoms with Crippen molar-refractivity contribution in [3.8, 4) is 0 Å². The first-order valence-corrected chi connectivity index (χ1v) is 8.50. The summed E-state index contributed by atoms with van der Waals surface area (Å²) in [6, 6.07) is 25.7. The zero-order valence-electron chi connectivity index (χ0n) is 14.1. The van der Waals surface area contributed by atoms with Crippen molar-refractivity contribution in [3.05, 3.63) is 84.4 Å². The predicted molar refractivity (Wildman–Crippen MR) is 101 cm³/mol. The van der Waals surface area contributed by atoms with Gasteiger partial charge in [-0.3, -0.25) is 0 Å². The molecule has 4 rings (SSSR count). The molecule has 0 bridgehead atoms. The molecule has 0 aliphatic rings. The number of hydrogen-bond acceptors (Lipinski definition) is 2. The summed E-state index contributed by atoms with van der Waals surface area (Å²) in [4.78, 5) is 12.9. The number of carbonyl (C=O) groups is 1. The van der Waals surface area contributed by atoms with Crippen LogP contribution in [0.1, 0.15) is 18.5 Å². The second-order valence-electron chi connectivity index (χ2n) is 5.97. The average molecular weight is 329 g/mol. The van der Waals surface area contributed by atoms with Crippen LogP contribution in [0.25, 0.3) is 21.8 Å². The highest BCUT2D eigenvalue weighted by atomic mass is 16.5. The van der Waals surface area contributed by atoms with Crippen LogP contribution in [0.2, 0.25) is 0 Å². The van der Waals surface area contributed by atoms with Crippen LogP contribution in [0.3, 0.4) is 0 Å². The molecule has 1 unspecified atom stereocenters. The minimum absolute atomic E-state index is 0.236. The molecule has 0 amide bonds. The Balaban J connectivity index is 2.05. The van der Waals surface area contributed by atoms with E-state index < -0.39 is 6.04 Å². The van der Waals surface area contributed by atoms with Gasteiger partial charge in [0.05, 0.1) is 17.6 Å². The lowest BCUT2D eigenvalue weighted by atomic mass is 10.1. The van der Waals surface area contributed by atoms with Gasteiger partial charge in [-0.05, 0) is 24.6 Å². The topological polar surface area (TPSA) is 31.2 Å². The number of nitrogens with zero attached hydrogens (tertiary/aromatic N) is 1. The number of ether oxygens (including phenoxy) is 1. The first kappa shape index (κ1) is 15.5. The second-order valence-corrected chi connectivity index (χ2v) is 5.97. The van der Waals surface area contributed by atoms with E-state index in [0.29, 0.717) is 6.61 Å². The van der Waals surface area contributed by atoms with Crippen molar-refractivity contribution in [1.82, 2.24) is 4.57 Å². The van der Waals surface area contributed by atoms with E-state index in [0.717, 1.165) is 27.4 Å². The molecule has 3 nitrogen and oxygen atoms in total. The quantitative estimate of drug-likeness (QED) is 0.496. The van der Waals surface area contributed by atoms with Crippen LogP contribution < -0.4 is 0 Å². The third-order valence-electron chi connectivity index (χ3n) is 4.50. The SMILES string of the molecule is CCOC(=O)C(c1ccccc1)n1c2ccccc2c2ccccc21. The van der Waals surface area contributed by atoms with Crippen LogP contribution in [0.15, 0.2) is 78.9 Å². The van der Waals surface area contributed by atoms with Crippen LogP contribution in [0, 0.1) is 0 Å². The second kappa shape index (κ2) is 6.44. The van der Waals surface area contributed by atoms with E-state index in [9.17, 15) is 4.79 Å². The molecule has 0 N–H and O–H groups in total. The van der Waals surface area contributed by atoms with Gasteiger partial charge in [-0.1, -0.05) is 66.7 Å². The lowest BCUT2D eigenvalue weighted by Crippen LogP contribution is -2.23. The Kier molecular flexibility index (Phi) is 3.98. The molecule has 0 aliphatic carbocycles. The number of hydrogen-bond donors (Lipinski definition) is 0. The maximum Gasteiger partial charge on any atom is 0.333 e. The smallest absolute Gasteiger partial charge is 0.333 e. The molecule has 25 heavy (non-hydrogen) atoms. The Morgan fingerprint density at radius 2 is 1.36 bits per heavy atom. The van der Waals surface area contributed by atoms with Crippen molar-refractivity contribution >= 4 is 27.8 Å². The number of esters is 1. The minimum Gasteiger partial charge on any atom is -0.464 e. The number of aromatic nitrogens is 1. The molecule has 1 atom stereocenters. The summed E-state index contributed by atoms with van der Waals surface area (Å²) < 4.78 is 7.52. The molecule has 0 spiro atoms. The maximum atomic E-state index is 12.9. The molecule has 124 valence electrons. The van der Waals surface area contributed by atoms with E-state index in [2.05, 4.69) is 28.8 Å². The lowest BCUT2D eigenvalue weighted by Gasteiger charge is -2.20. The Morgan fingerprint density at radius 1 is 0.840 bits per heavy atom. The Labute approximate surface area is 146 Å². The van der Waals surface area contributed by atoms with Crippen molar-refractivity contribution in [1.29, 1.82) is 0 Å².